The van der Waals surface area contributed by atoms with Crippen molar-refractivity contribution in [3.63, 3.8) is 0 Å². The molecule has 0 aliphatic heterocycles. The summed E-state index contributed by atoms with van der Waals surface area (Å²) < 4.78 is 4.62. The summed E-state index contributed by atoms with van der Waals surface area (Å²) in [6.45, 7) is 7.20. The Balaban J connectivity index is 4.42. The molecule has 16 heavy (non-hydrogen) atoms. The molecule has 0 aliphatic rings. The molecule has 5 heteroatoms. The monoisotopic (exact) mass is 230 g/mol. The first-order chi connectivity index (χ1) is 7.17. The molecule has 0 aliphatic carbocycles. The number of hydrogen-bond donors (Lipinski definition) is 2. The Hall–Kier alpha value is -1.10. The molecule has 0 rings (SSSR count). The Bertz CT molecular complexity index is 256. The summed E-state index contributed by atoms with van der Waals surface area (Å²) in [7, 11) is 1.30. The largest absolute Gasteiger partial charge is 0.467 e. The number of nitrogens with two attached hydrogens (primary N) is 1. The van der Waals surface area contributed by atoms with Gasteiger partial charge in [-0.25, -0.2) is 4.79 Å². The maximum atomic E-state index is 11.6. The van der Waals surface area contributed by atoms with Gasteiger partial charge in [0.15, 0.2) is 0 Å². The van der Waals surface area contributed by atoms with Crippen molar-refractivity contribution in [1.82, 2.24) is 5.32 Å². The first-order valence-electron chi connectivity index (χ1n) is 5.33. The minimum atomic E-state index is -0.611. The zero-order chi connectivity index (χ0) is 12.9. The van der Waals surface area contributed by atoms with Gasteiger partial charge in [0, 0.05) is 12.0 Å². The van der Waals surface area contributed by atoms with Gasteiger partial charge in [-0.1, -0.05) is 13.8 Å². The van der Waals surface area contributed by atoms with Crippen molar-refractivity contribution >= 4 is 11.9 Å². The molecule has 5 nitrogen and oxygen atoms in total. The number of esters is 1. The maximum absolute atomic E-state index is 11.6. The molecular formula is C11H22N2O3. The van der Waals surface area contributed by atoms with Crippen molar-refractivity contribution < 1.29 is 14.3 Å². The zero-order valence-electron chi connectivity index (χ0n) is 10.7. The Morgan fingerprint density at radius 1 is 1.38 bits per heavy atom. The van der Waals surface area contributed by atoms with Crippen molar-refractivity contribution in [3.8, 4) is 0 Å². The summed E-state index contributed by atoms with van der Waals surface area (Å²) in [6, 6.07) is -0.611. The summed E-state index contributed by atoms with van der Waals surface area (Å²) >= 11 is 0. The lowest BCUT2D eigenvalue weighted by Gasteiger charge is -2.23. The normalized spacial score (nSPS) is 13.4. The van der Waals surface area contributed by atoms with Crippen molar-refractivity contribution in [2.24, 2.45) is 11.7 Å². The Kier molecular flexibility index (Phi) is 5.44. The number of methoxy groups -OCH3 is 1. The molecule has 0 saturated heterocycles. The molecule has 0 spiro atoms. The van der Waals surface area contributed by atoms with Gasteiger partial charge < -0.3 is 15.8 Å². The van der Waals surface area contributed by atoms with Gasteiger partial charge in [0.05, 0.1) is 7.11 Å². The predicted octanol–water partition coefficient (Wildman–Crippen LogP) is 0.428. The fraction of sp³-hybridized carbons (Fsp3) is 0.818. The van der Waals surface area contributed by atoms with E-state index in [9.17, 15) is 9.59 Å². The highest BCUT2D eigenvalue weighted by molar-refractivity contribution is 5.85. The fourth-order valence-electron chi connectivity index (χ4n) is 1.26. The third kappa shape index (κ3) is 5.70. The Morgan fingerprint density at radius 3 is 2.19 bits per heavy atom. The van der Waals surface area contributed by atoms with E-state index < -0.39 is 17.6 Å². The fourth-order valence-corrected chi connectivity index (χ4v) is 1.26. The smallest absolute Gasteiger partial charge is 0.328 e. The molecule has 1 unspecified atom stereocenters. The van der Waals surface area contributed by atoms with E-state index in [-0.39, 0.29) is 18.2 Å². The molecule has 94 valence electrons. The average molecular weight is 230 g/mol. The second-order valence-electron chi connectivity index (χ2n) is 4.98. The van der Waals surface area contributed by atoms with Crippen LogP contribution in [0.25, 0.3) is 0 Å². The van der Waals surface area contributed by atoms with Crippen LogP contribution in [0, 0.1) is 5.92 Å². The van der Waals surface area contributed by atoms with Gasteiger partial charge in [-0.2, -0.15) is 0 Å². The lowest BCUT2D eigenvalue weighted by Crippen LogP contribution is -2.48. The molecule has 0 aromatic carbocycles. The van der Waals surface area contributed by atoms with Crippen molar-refractivity contribution in [2.45, 2.75) is 45.7 Å². The van der Waals surface area contributed by atoms with Crippen molar-refractivity contribution in [3.05, 3.63) is 0 Å². The van der Waals surface area contributed by atoms with E-state index in [4.69, 9.17) is 5.73 Å². The van der Waals surface area contributed by atoms with E-state index in [2.05, 4.69) is 10.1 Å². The predicted molar refractivity (Wildman–Crippen MR) is 61.7 cm³/mol. The van der Waals surface area contributed by atoms with Crippen molar-refractivity contribution in [2.75, 3.05) is 7.11 Å². The van der Waals surface area contributed by atoms with Gasteiger partial charge in [-0.3, -0.25) is 4.79 Å². The van der Waals surface area contributed by atoms with E-state index in [0.717, 1.165) is 0 Å². The van der Waals surface area contributed by atoms with E-state index in [1.54, 1.807) is 13.8 Å². The van der Waals surface area contributed by atoms with Gasteiger partial charge in [0.2, 0.25) is 5.91 Å². The molecule has 1 atom stereocenters. The average Bonchev–Trinajstić information content (AvgIpc) is 2.09. The summed E-state index contributed by atoms with van der Waals surface area (Å²) in [4.78, 5) is 23.0. The van der Waals surface area contributed by atoms with Crippen LogP contribution < -0.4 is 11.1 Å². The molecule has 0 bridgehead atoms. The highest BCUT2D eigenvalue weighted by Crippen LogP contribution is 2.07. The SMILES string of the molecule is COC(=O)C(NC(=O)CC(C)(C)N)C(C)C. The van der Waals surface area contributed by atoms with Crippen LogP contribution in [0.15, 0.2) is 0 Å². The molecular weight excluding hydrogens is 208 g/mol. The molecule has 0 saturated carbocycles. The van der Waals surface area contributed by atoms with E-state index >= 15 is 0 Å². The molecule has 0 fully saturated rings. The number of nitrogens with one attached hydrogen (secondary N) is 1. The van der Waals surface area contributed by atoms with Gasteiger partial charge in [-0.05, 0) is 19.8 Å². The highest BCUT2D eigenvalue weighted by Gasteiger charge is 2.26. The van der Waals surface area contributed by atoms with Gasteiger partial charge >= 0.3 is 5.97 Å². The first kappa shape index (κ1) is 14.9. The second-order valence-corrected chi connectivity index (χ2v) is 4.98. The Morgan fingerprint density at radius 2 is 1.88 bits per heavy atom. The maximum Gasteiger partial charge on any atom is 0.328 e. The van der Waals surface area contributed by atoms with Crippen LogP contribution in [0.3, 0.4) is 0 Å². The molecule has 0 aromatic rings. The topological polar surface area (TPSA) is 81.4 Å². The number of hydrogen-bond acceptors (Lipinski definition) is 4. The first-order valence-corrected chi connectivity index (χ1v) is 5.33. The number of rotatable bonds is 5. The summed E-state index contributed by atoms with van der Waals surface area (Å²) in [6.07, 6.45) is 0.174. The molecule has 1 amide bonds. The number of carbonyl (C=O) groups is 2. The standard InChI is InChI=1S/C11H22N2O3/c1-7(2)9(10(15)16-5)13-8(14)6-11(3,4)12/h7,9H,6,12H2,1-5H3,(H,13,14). The number of carbonyl (C=O) groups excluding carboxylic acids is 2. The van der Waals surface area contributed by atoms with Crippen molar-refractivity contribution in [1.29, 1.82) is 0 Å². The summed E-state index contributed by atoms with van der Waals surface area (Å²) in [5.41, 5.74) is 5.14. The van der Waals surface area contributed by atoms with E-state index in [1.165, 1.54) is 7.11 Å². The number of amides is 1. The van der Waals surface area contributed by atoms with Crippen LogP contribution in [-0.4, -0.2) is 30.6 Å². The van der Waals surface area contributed by atoms with Crippen LogP contribution >= 0.6 is 0 Å². The second kappa shape index (κ2) is 5.84. The minimum Gasteiger partial charge on any atom is -0.467 e. The van der Waals surface area contributed by atoms with Gasteiger partial charge in [0.25, 0.3) is 0 Å². The molecule has 3 N–H and O–H groups in total. The Labute approximate surface area is 96.7 Å². The third-order valence-electron chi connectivity index (χ3n) is 2.05. The molecule has 0 heterocycles. The number of ether oxygens (including phenoxy) is 1. The van der Waals surface area contributed by atoms with Crippen LogP contribution in [-0.2, 0) is 14.3 Å². The molecule has 0 aromatic heterocycles. The summed E-state index contributed by atoms with van der Waals surface area (Å²) in [5.74, 6) is -0.688. The highest BCUT2D eigenvalue weighted by atomic mass is 16.5. The van der Waals surface area contributed by atoms with Crippen LogP contribution in [0.1, 0.15) is 34.1 Å². The quantitative estimate of drug-likeness (QED) is 0.671. The summed E-state index contributed by atoms with van der Waals surface area (Å²) in [5, 5.41) is 2.63. The van der Waals surface area contributed by atoms with Gasteiger partial charge in [0.1, 0.15) is 6.04 Å². The van der Waals surface area contributed by atoms with Crippen LogP contribution in [0.5, 0.6) is 0 Å². The molecule has 0 radical (unpaired) electrons. The van der Waals surface area contributed by atoms with Crippen LogP contribution in [0.2, 0.25) is 0 Å². The van der Waals surface area contributed by atoms with Gasteiger partial charge in [-0.15, -0.1) is 0 Å². The van der Waals surface area contributed by atoms with E-state index in [0.29, 0.717) is 0 Å². The third-order valence-corrected chi connectivity index (χ3v) is 2.05. The van der Waals surface area contributed by atoms with Crippen LogP contribution in [0.4, 0.5) is 0 Å². The lowest BCUT2D eigenvalue weighted by molar-refractivity contribution is -0.146. The lowest BCUT2D eigenvalue weighted by atomic mass is 10.00. The zero-order valence-corrected chi connectivity index (χ0v) is 10.7. The van der Waals surface area contributed by atoms with E-state index in [1.807, 2.05) is 13.8 Å². The minimum absolute atomic E-state index is 0.0164.